The van der Waals surface area contributed by atoms with E-state index in [-0.39, 0.29) is 35.5 Å². The molecule has 34 heavy (non-hydrogen) atoms. The Balaban J connectivity index is 1.39. The minimum absolute atomic E-state index is 0.0625. The van der Waals surface area contributed by atoms with Crippen LogP contribution in [0.15, 0.2) is 0 Å². The third kappa shape index (κ3) is 4.94. The maximum absolute atomic E-state index is 12.2. The third-order valence-electron chi connectivity index (χ3n) is 10.9. The predicted octanol–water partition coefficient (Wildman–Crippen LogP) is 3.40. The Morgan fingerprint density at radius 1 is 1.03 bits per heavy atom. The standard InChI is InChI=1S/C26H45NO6S/c1-16(4-7-23(30)27-12-13-34(31,32)33)19-5-6-20-24-21(9-11-26(19,20)3)25(2)10-8-18(28)14-17(25)15-22(24)29/h16-22,24,28-29H,4-15H2,1-3H3,(H,27,30)(H,31,32,33)/t16-,17+,18-,19?,20+,21+,22+,24+,25+,26-/m1/s1. The van der Waals surface area contributed by atoms with Gasteiger partial charge in [0.05, 0.1) is 18.0 Å². The highest BCUT2D eigenvalue weighted by Gasteiger charge is 2.62. The second-order valence-electron chi connectivity index (χ2n) is 12.6. The Morgan fingerprint density at radius 3 is 2.41 bits per heavy atom. The van der Waals surface area contributed by atoms with E-state index in [1.165, 1.54) is 6.42 Å². The lowest BCUT2D eigenvalue weighted by atomic mass is 9.43. The molecule has 0 spiro atoms. The number of carbonyl (C=O) groups excluding carboxylic acids is 1. The van der Waals surface area contributed by atoms with Gasteiger partial charge in [-0.2, -0.15) is 8.42 Å². The summed E-state index contributed by atoms with van der Waals surface area (Å²) >= 11 is 0. The van der Waals surface area contributed by atoms with Crippen LogP contribution < -0.4 is 5.32 Å². The van der Waals surface area contributed by atoms with Gasteiger partial charge in [0, 0.05) is 13.0 Å². The normalized spacial score (nSPS) is 45.1. The molecule has 0 aromatic rings. The highest BCUT2D eigenvalue weighted by molar-refractivity contribution is 7.85. The molecule has 1 amide bonds. The topological polar surface area (TPSA) is 124 Å². The van der Waals surface area contributed by atoms with Gasteiger partial charge >= 0.3 is 0 Å². The van der Waals surface area contributed by atoms with Gasteiger partial charge < -0.3 is 15.5 Å². The lowest BCUT2D eigenvalue weighted by Gasteiger charge is -2.62. The summed E-state index contributed by atoms with van der Waals surface area (Å²) < 4.78 is 30.5. The first kappa shape index (κ1) is 26.4. The average Bonchev–Trinajstić information content (AvgIpc) is 3.09. The summed E-state index contributed by atoms with van der Waals surface area (Å²) in [7, 11) is -4.06. The van der Waals surface area contributed by atoms with E-state index in [1.807, 2.05) is 0 Å². The Bertz CT molecular complexity index is 863. The van der Waals surface area contributed by atoms with Crippen LogP contribution in [0.4, 0.5) is 0 Å². The smallest absolute Gasteiger partial charge is 0.266 e. The van der Waals surface area contributed by atoms with Crippen molar-refractivity contribution >= 4 is 16.0 Å². The predicted molar refractivity (Wildman–Crippen MR) is 130 cm³/mol. The number of hydrogen-bond donors (Lipinski definition) is 4. The van der Waals surface area contributed by atoms with E-state index < -0.39 is 15.9 Å². The van der Waals surface area contributed by atoms with Crippen LogP contribution in [0.2, 0.25) is 0 Å². The van der Waals surface area contributed by atoms with Crippen LogP contribution in [-0.2, 0) is 14.9 Å². The summed E-state index contributed by atoms with van der Waals surface area (Å²) in [5.41, 5.74) is 0.411. The van der Waals surface area contributed by atoms with Crippen LogP contribution in [0.5, 0.6) is 0 Å². The van der Waals surface area contributed by atoms with Crippen LogP contribution in [0.3, 0.4) is 0 Å². The Kier molecular flexibility index (Phi) is 7.47. The molecule has 4 rings (SSSR count). The van der Waals surface area contributed by atoms with Gasteiger partial charge in [0.15, 0.2) is 0 Å². The Hall–Kier alpha value is -0.700. The highest BCUT2D eigenvalue weighted by atomic mass is 32.2. The first-order chi connectivity index (χ1) is 15.8. The van der Waals surface area contributed by atoms with E-state index >= 15 is 0 Å². The zero-order chi connectivity index (χ0) is 24.9. The summed E-state index contributed by atoms with van der Waals surface area (Å²) in [6.07, 6.45) is 8.87. The Labute approximate surface area is 205 Å². The first-order valence-electron chi connectivity index (χ1n) is 13.4. The molecular formula is C26H45NO6S. The summed E-state index contributed by atoms with van der Waals surface area (Å²) in [6, 6.07) is 0. The largest absolute Gasteiger partial charge is 0.393 e. The highest BCUT2D eigenvalue weighted by Crippen LogP contribution is 2.68. The number of carbonyl (C=O) groups is 1. The fraction of sp³-hybridized carbons (Fsp3) is 0.962. The lowest BCUT2D eigenvalue weighted by Crippen LogP contribution is -2.58. The van der Waals surface area contributed by atoms with Crippen molar-refractivity contribution in [3.8, 4) is 0 Å². The van der Waals surface area contributed by atoms with Gasteiger partial charge in [-0.3, -0.25) is 9.35 Å². The third-order valence-corrected chi connectivity index (χ3v) is 11.6. The minimum Gasteiger partial charge on any atom is -0.393 e. The molecular weight excluding hydrogens is 454 g/mol. The van der Waals surface area contributed by atoms with Gasteiger partial charge in [0.25, 0.3) is 10.1 Å². The summed E-state index contributed by atoms with van der Waals surface area (Å²) in [5, 5.41) is 24.2. The van der Waals surface area contributed by atoms with Crippen molar-refractivity contribution in [2.24, 2.45) is 46.3 Å². The maximum Gasteiger partial charge on any atom is 0.266 e. The Morgan fingerprint density at radius 2 is 1.71 bits per heavy atom. The van der Waals surface area contributed by atoms with Crippen molar-refractivity contribution in [3.63, 3.8) is 0 Å². The zero-order valence-corrected chi connectivity index (χ0v) is 21.9. The molecule has 0 bridgehead atoms. The minimum atomic E-state index is -4.06. The van der Waals surface area contributed by atoms with Gasteiger partial charge in [-0.05, 0) is 104 Å². The first-order valence-corrected chi connectivity index (χ1v) is 15.0. The quantitative estimate of drug-likeness (QED) is 0.398. The van der Waals surface area contributed by atoms with Crippen molar-refractivity contribution in [3.05, 3.63) is 0 Å². The molecule has 196 valence electrons. The van der Waals surface area contributed by atoms with Crippen LogP contribution >= 0.6 is 0 Å². The van der Waals surface area contributed by atoms with E-state index in [0.717, 1.165) is 51.4 Å². The fourth-order valence-electron chi connectivity index (χ4n) is 9.14. The molecule has 0 aromatic carbocycles. The van der Waals surface area contributed by atoms with E-state index in [1.54, 1.807) is 0 Å². The average molecular weight is 500 g/mol. The molecule has 4 aliphatic rings. The van der Waals surface area contributed by atoms with Crippen LogP contribution in [-0.4, -0.2) is 53.6 Å². The van der Waals surface area contributed by atoms with Crippen molar-refractivity contribution < 1.29 is 28.0 Å². The van der Waals surface area contributed by atoms with Gasteiger partial charge in [0.2, 0.25) is 5.91 Å². The van der Waals surface area contributed by atoms with Crippen molar-refractivity contribution in [1.29, 1.82) is 0 Å². The summed E-state index contributed by atoms with van der Waals surface area (Å²) in [4.78, 5) is 12.2. The van der Waals surface area contributed by atoms with Crippen LogP contribution in [0, 0.1) is 46.3 Å². The van der Waals surface area contributed by atoms with Gasteiger partial charge in [-0.25, -0.2) is 0 Å². The second-order valence-corrected chi connectivity index (χ2v) is 14.2. The molecule has 4 saturated carbocycles. The van der Waals surface area contributed by atoms with Gasteiger partial charge in [-0.15, -0.1) is 0 Å². The van der Waals surface area contributed by atoms with E-state index in [2.05, 4.69) is 26.1 Å². The van der Waals surface area contributed by atoms with Crippen molar-refractivity contribution in [2.45, 2.75) is 97.2 Å². The van der Waals surface area contributed by atoms with Crippen molar-refractivity contribution in [2.75, 3.05) is 12.3 Å². The monoisotopic (exact) mass is 499 g/mol. The fourth-order valence-corrected chi connectivity index (χ4v) is 9.50. The van der Waals surface area contributed by atoms with Crippen molar-refractivity contribution in [1.82, 2.24) is 5.32 Å². The molecule has 7 nitrogen and oxygen atoms in total. The molecule has 4 N–H and O–H groups in total. The maximum atomic E-state index is 12.2. The number of aliphatic hydroxyl groups excluding tert-OH is 2. The SMILES string of the molecule is C[C@H](CCC(=O)NCCS(=O)(=O)O)C1CC[C@H]2[C@@H]3[C@@H](O)C[C@@H]4C[C@H](O)CC[C@]4(C)[C@H]3CC[C@]12C. The molecule has 1 unspecified atom stereocenters. The molecule has 4 aliphatic carbocycles. The number of aliphatic hydroxyl groups is 2. The lowest BCUT2D eigenvalue weighted by molar-refractivity contribution is -0.174. The van der Waals surface area contributed by atoms with Crippen LogP contribution in [0.25, 0.3) is 0 Å². The summed E-state index contributed by atoms with van der Waals surface area (Å²) in [6.45, 7) is 7.05. The van der Waals surface area contributed by atoms with E-state index in [9.17, 15) is 23.4 Å². The van der Waals surface area contributed by atoms with E-state index in [0.29, 0.717) is 41.9 Å². The molecule has 10 atom stereocenters. The molecule has 0 aliphatic heterocycles. The number of nitrogens with one attached hydrogen (secondary N) is 1. The second kappa shape index (κ2) is 9.64. The number of rotatable bonds is 7. The zero-order valence-electron chi connectivity index (χ0n) is 21.1. The summed E-state index contributed by atoms with van der Waals surface area (Å²) in [5.74, 6) is 2.10. The molecule has 0 saturated heterocycles. The molecule has 0 heterocycles. The van der Waals surface area contributed by atoms with E-state index in [4.69, 9.17) is 4.55 Å². The number of hydrogen-bond acceptors (Lipinski definition) is 5. The van der Waals surface area contributed by atoms with Gasteiger partial charge in [0.1, 0.15) is 0 Å². The molecule has 4 fully saturated rings. The molecule has 0 radical (unpaired) electrons. The van der Waals surface area contributed by atoms with Crippen LogP contribution in [0.1, 0.15) is 85.0 Å². The molecule has 8 heteroatoms. The molecule has 0 aromatic heterocycles. The number of amides is 1. The van der Waals surface area contributed by atoms with Gasteiger partial charge in [-0.1, -0.05) is 20.8 Å². The number of fused-ring (bicyclic) bond motifs is 5.